The first-order valence-electron chi connectivity index (χ1n) is 5.23. The van der Waals surface area contributed by atoms with Crippen molar-refractivity contribution < 1.29 is 19.4 Å². The van der Waals surface area contributed by atoms with Gasteiger partial charge in [-0.05, 0) is 12.8 Å². The summed E-state index contributed by atoms with van der Waals surface area (Å²) < 4.78 is 10.1. The van der Waals surface area contributed by atoms with Gasteiger partial charge in [-0.15, -0.1) is 0 Å². The van der Waals surface area contributed by atoms with Crippen LogP contribution in [0.15, 0.2) is 0 Å². The molecule has 2 fully saturated rings. The van der Waals surface area contributed by atoms with Gasteiger partial charge in [-0.2, -0.15) is 0 Å². The first-order chi connectivity index (χ1) is 6.73. The molecule has 14 heavy (non-hydrogen) atoms. The van der Waals surface area contributed by atoms with Crippen LogP contribution in [0.4, 0.5) is 4.79 Å². The number of ether oxygens (including phenoxy) is 2. The van der Waals surface area contributed by atoms with Crippen LogP contribution in [0.2, 0.25) is 0 Å². The van der Waals surface area contributed by atoms with Crippen LogP contribution in [0.5, 0.6) is 0 Å². The molecule has 0 radical (unpaired) electrons. The fraction of sp³-hybridized carbons (Fsp3) is 0.900. The summed E-state index contributed by atoms with van der Waals surface area (Å²) in [7, 11) is 0. The van der Waals surface area contributed by atoms with E-state index in [0.29, 0.717) is 19.1 Å². The first-order valence-corrected chi connectivity index (χ1v) is 5.23. The van der Waals surface area contributed by atoms with E-state index in [1.807, 2.05) is 0 Å². The molecule has 1 N–H and O–H groups in total. The van der Waals surface area contributed by atoms with Gasteiger partial charge < -0.3 is 14.6 Å². The van der Waals surface area contributed by atoms with Crippen LogP contribution in [0.1, 0.15) is 32.1 Å². The van der Waals surface area contributed by atoms with Gasteiger partial charge in [0.1, 0.15) is 0 Å². The standard InChI is InChI=1S/C10H16O4/c11-9(12)14-10(6-13-7-10)8-4-2-1-3-5-8/h8H,1-7H2,(H,11,12). The summed E-state index contributed by atoms with van der Waals surface area (Å²) in [4.78, 5) is 10.6. The maximum Gasteiger partial charge on any atom is 0.506 e. The predicted molar refractivity (Wildman–Crippen MR) is 49.2 cm³/mol. The molecule has 1 saturated carbocycles. The Morgan fingerprint density at radius 2 is 1.93 bits per heavy atom. The lowest BCUT2D eigenvalue weighted by molar-refractivity contribution is -0.217. The second-order valence-electron chi connectivity index (χ2n) is 4.26. The Morgan fingerprint density at radius 3 is 2.36 bits per heavy atom. The molecule has 2 aliphatic rings. The summed E-state index contributed by atoms with van der Waals surface area (Å²) in [5.41, 5.74) is -0.508. The molecule has 0 spiro atoms. The Labute approximate surface area is 83.2 Å². The van der Waals surface area contributed by atoms with Crippen molar-refractivity contribution in [3.63, 3.8) is 0 Å². The Bertz CT molecular complexity index is 216. The van der Waals surface area contributed by atoms with Gasteiger partial charge >= 0.3 is 6.16 Å². The van der Waals surface area contributed by atoms with Crippen LogP contribution < -0.4 is 0 Å². The maximum atomic E-state index is 10.6. The lowest BCUT2D eigenvalue weighted by atomic mass is 9.75. The molecule has 0 aromatic carbocycles. The molecule has 4 nitrogen and oxygen atoms in total. The van der Waals surface area contributed by atoms with Gasteiger partial charge in [0.25, 0.3) is 0 Å². The minimum absolute atomic E-state index is 0.376. The van der Waals surface area contributed by atoms with Crippen LogP contribution in [0.25, 0.3) is 0 Å². The molecule has 0 aromatic heterocycles. The average molecular weight is 200 g/mol. The van der Waals surface area contributed by atoms with Crippen molar-refractivity contribution in [1.29, 1.82) is 0 Å². The highest BCUT2D eigenvalue weighted by atomic mass is 16.7. The molecular formula is C10H16O4. The average Bonchev–Trinajstić information content (AvgIpc) is 2.12. The molecule has 1 aliphatic heterocycles. The molecule has 1 saturated heterocycles. The number of hydrogen-bond acceptors (Lipinski definition) is 3. The zero-order valence-electron chi connectivity index (χ0n) is 8.20. The van der Waals surface area contributed by atoms with Gasteiger partial charge in [-0.3, -0.25) is 0 Å². The van der Waals surface area contributed by atoms with Crippen molar-refractivity contribution in [1.82, 2.24) is 0 Å². The molecular weight excluding hydrogens is 184 g/mol. The molecule has 0 atom stereocenters. The molecule has 80 valence electrons. The largest absolute Gasteiger partial charge is 0.506 e. The van der Waals surface area contributed by atoms with Crippen LogP contribution in [0.3, 0.4) is 0 Å². The molecule has 1 heterocycles. The van der Waals surface area contributed by atoms with Gasteiger partial charge in [0, 0.05) is 5.92 Å². The quantitative estimate of drug-likeness (QED) is 0.693. The minimum Gasteiger partial charge on any atom is -0.450 e. The van der Waals surface area contributed by atoms with E-state index in [4.69, 9.17) is 14.6 Å². The van der Waals surface area contributed by atoms with Gasteiger partial charge in [-0.25, -0.2) is 4.79 Å². The SMILES string of the molecule is O=C(O)OC1(C2CCCCC2)COC1. The van der Waals surface area contributed by atoms with E-state index in [1.165, 1.54) is 19.3 Å². The molecule has 1 aliphatic carbocycles. The molecule has 4 heteroatoms. The zero-order valence-corrected chi connectivity index (χ0v) is 8.20. The van der Waals surface area contributed by atoms with E-state index in [2.05, 4.69) is 0 Å². The van der Waals surface area contributed by atoms with Crippen molar-refractivity contribution >= 4 is 6.16 Å². The lowest BCUT2D eigenvalue weighted by Crippen LogP contribution is -2.58. The van der Waals surface area contributed by atoms with E-state index in [0.717, 1.165) is 12.8 Å². The summed E-state index contributed by atoms with van der Waals surface area (Å²) >= 11 is 0. The van der Waals surface area contributed by atoms with Crippen molar-refractivity contribution in [2.45, 2.75) is 37.7 Å². The number of hydrogen-bond donors (Lipinski definition) is 1. The Kier molecular flexibility index (Phi) is 2.63. The minimum atomic E-state index is -1.17. The summed E-state index contributed by atoms with van der Waals surface area (Å²) in [6.45, 7) is 0.897. The maximum absolute atomic E-state index is 10.6. The number of carbonyl (C=O) groups is 1. The third kappa shape index (κ3) is 1.71. The van der Waals surface area contributed by atoms with Gasteiger partial charge in [0.05, 0.1) is 13.2 Å². The third-order valence-electron chi connectivity index (χ3n) is 3.33. The zero-order chi connectivity index (χ0) is 10.0. The van der Waals surface area contributed by atoms with Crippen LogP contribution >= 0.6 is 0 Å². The topological polar surface area (TPSA) is 55.8 Å². The highest BCUT2D eigenvalue weighted by Crippen LogP contribution is 2.39. The summed E-state index contributed by atoms with van der Waals surface area (Å²) in [5.74, 6) is 0.376. The monoisotopic (exact) mass is 200 g/mol. The Hall–Kier alpha value is -0.770. The van der Waals surface area contributed by atoms with E-state index < -0.39 is 11.8 Å². The molecule has 2 rings (SSSR count). The summed E-state index contributed by atoms with van der Waals surface area (Å²) in [6.07, 6.45) is 4.64. The molecule has 0 aromatic rings. The first kappa shape index (κ1) is 9.77. The number of carboxylic acid groups (broad SMARTS) is 1. The molecule has 0 unspecified atom stereocenters. The second-order valence-corrected chi connectivity index (χ2v) is 4.26. The van der Waals surface area contributed by atoms with Crippen LogP contribution in [-0.2, 0) is 9.47 Å². The van der Waals surface area contributed by atoms with Crippen LogP contribution in [0, 0.1) is 5.92 Å². The summed E-state index contributed by atoms with van der Waals surface area (Å²) in [5, 5.41) is 8.67. The highest BCUT2D eigenvalue weighted by molar-refractivity contribution is 5.57. The number of rotatable bonds is 2. The van der Waals surface area contributed by atoms with E-state index in [1.54, 1.807) is 0 Å². The van der Waals surface area contributed by atoms with Gasteiger partial charge in [-0.1, -0.05) is 19.3 Å². The van der Waals surface area contributed by atoms with Crippen LogP contribution in [-0.4, -0.2) is 30.1 Å². The smallest absolute Gasteiger partial charge is 0.450 e. The van der Waals surface area contributed by atoms with Gasteiger partial charge in [0.2, 0.25) is 0 Å². The molecule has 0 bridgehead atoms. The predicted octanol–water partition coefficient (Wildman–Crippen LogP) is 2.03. The van der Waals surface area contributed by atoms with Gasteiger partial charge in [0.15, 0.2) is 5.60 Å². The Balaban J connectivity index is 1.99. The Morgan fingerprint density at radius 1 is 1.29 bits per heavy atom. The van der Waals surface area contributed by atoms with E-state index in [9.17, 15) is 4.79 Å². The fourth-order valence-electron chi connectivity index (χ4n) is 2.48. The molecule has 0 amide bonds. The van der Waals surface area contributed by atoms with Crippen molar-refractivity contribution in [3.8, 4) is 0 Å². The van der Waals surface area contributed by atoms with Crippen molar-refractivity contribution in [3.05, 3.63) is 0 Å². The van der Waals surface area contributed by atoms with E-state index >= 15 is 0 Å². The lowest BCUT2D eigenvalue weighted by Gasteiger charge is -2.46. The van der Waals surface area contributed by atoms with Crippen molar-refractivity contribution in [2.75, 3.05) is 13.2 Å². The highest BCUT2D eigenvalue weighted by Gasteiger charge is 2.49. The fourth-order valence-corrected chi connectivity index (χ4v) is 2.48. The van der Waals surface area contributed by atoms with Crippen molar-refractivity contribution in [2.24, 2.45) is 5.92 Å². The second kappa shape index (κ2) is 3.77. The third-order valence-corrected chi connectivity index (χ3v) is 3.33. The van der Waals surface area contributed by atoms with E-state index in [-0.39, 0.29) is 0 Å². The summed E-state index contributed by atoms with van der Waals surface area (Å²) in [6, 6.07) is 0. The normalized spacial score (nSPS) is 26.6.